The normalized spacial score (nSPS) is 12.1. The maximum Gasteiger partial charge on any atom is 0.0686 e. The van der Waals surface area contributed by atoms with E-state index in [1.807, 2.05) is 19.1 Å². The Bertz CT molecular complexity index is 345. The van der Waals surface area contributed by atoms with Gasteiger partial charge in [-0.1, -0.05) is 30.5 Å². The van der Waals surface area contributed by atoms with Crippen LogP contribution in [0.2, 0.25) is 5.02 Å². The predicted molar refractivity (Wildman–Crippen MR) is 65.9 cm³/mol. The molecule has 1 atom stereocenters. The van der Waals surface area contributed by atoms with Gasteiger partial charge in [0.15, 0.2) is 0 Å². The van der Waals surface area contributed by atoms with E-state index in [9.17, 15) is 0 Å². The highest BCUT2D eigenvalue weighted by Crippen LogP contribution is 2.14. The first-order chi connectivity index (χ1) is 7.15. The summed E-state index contributed by atoms with van der Waals surface area (Å²) in [7, 11) is 0. The van der Waals surface area contributed by atoms with Crippen molar-refractivity contribution in [1.29, 1.82) is 0 Å². The number of nitrogens with one attached hydrogen (secondary N) is 1. The monoisotopic (exact) mass is 221 g/mol. The predicted octanol–water partition coefficient (Wildman–Crippen LogP) is 3.15. The van der Waals surface area contributed by atoms with Crippen LogP contribution in [0.15, 0.2) is 18.2 Å². The zero-order valence-electron chi connectivity index (χ0n) is 9.18. The molecule has 80 valence electrons. The van der Waals surface area contributed by atoms with Gasteiger partial charge >= 0.3 is 0 Å². The number of hydrogen-bond donors (Lipinski definition) is 1. The van der Waals surface area contributed by atoms with E-state index in [0.717, 1.165) is 18.0 Å². The van der Waals surface area contributed by atoms with Gasteiger partial charge in [-0.15, -0.1) is 6.42 Å². The Morgan fingerprint density at radius 2 is 2.20 bits per heavy atom. The summed E-state index contributed by atoms with van der Waals surface area (Å²) in [5.41, 5.74) is 2.35. The number of benzene rings is 1. The fourth-order valence-corrected chi connectivity index (χ4v) is 1.79. The molecule has 1 aromatic rings. The maximum atomic E-state index is 5.97. The zero-order valence-corrected chi connectivity index (χ0v) is 9.93. The van der Waals surface area contributed by atoms with E-state index in [2.05, 4.69) is 24.2 Å². The van der Waals surface area contributed by atoms with Crippen molar-refractivity contribution < 1.29 is 0 Å². The van der Waals surface area contributed by atoms with Crippen molar-refractivity contribution in [3.05, 3.63) is 34.3 Å². The average Bonchev–Trinajstić information content (AvgIpc) is 2.18. The summed E-state index contributed by atoms with van der Waals surface area (Å²) in [6, 6.07) is 6.17. The van der Waals surface area contributed by atoms with Crippen molar-refractivity contribution in [2.75, 3.05) is 0 Å². The van der Waals surface area contributed by atoms with E-state index < -0.39 is 0 Å². The quantitative estimate of drug-likeness (QED) is 0.771. The van der Waals surface area contributed by atoms with Crippen LogP contribution in [0.4, 0.5) is 0 Å². The molecule has 0 saturated heterocycles. The molecule has 0 amide bonds. The lowest BCUT2D eigenvalue weighted by Gasteiger charge is -2.11. The van der Waals surface area contributed by atoms with Crippen LogP contribution in [0.25, 0.3) is 0 Å². The highest BCUT2D eigenvalue weighted by Gasteiger charge is 2.01. The number of halogens is 1. The third kappa shape index (κ3) is 3.95. The van der Waals surface area contributed by atoms with Crippen molar-refractivity contribution in [2.24, 2.45) is 0 Å². The first-order valence-corrected chi connectivity index (χ1v) is 5.49. The van der Waals surface area contributed by atoms with Crippen LogP contribution in [0.1, 0.15) is 24.5 Å². The van der Waals surface area contributed by atoms with E-state index in [-0.39, 0.29) is 6.04 Å². The molecule has 0 bridgehead atoms. The Hall–Kier alpha value is -0.970. The minimum atomic E-state index is 0.143. The molecule has 0 aromatic heterocycles. The van der Waals surface area contributed by atoms with Gasteiger partial charge in [0.2, 0.25) is 0 Å². The standard InChI is InChI=1S/C13H16ClN/c1-4-13(5-2)15-9-11-6-10(3)7-12(14)8-11/h1,6-8,13,15H,5,9H2,2-3H3. The lowest BCUT2D eigenvalue weighted by Crippen LogP contribution is -2.26. The molecule has 0 aliphatic carbocycles. The van der Waals surface area contributed by atoms with Gasteiger partial charge in [0.1, 0.15) is 0 Å². The second kappa shape index (κ2) is 5.80. The summed E-state index contributed by atoms with van der Waals surface area (Å²) in [5.74, 6) is 2.71. The molecule has 0 saturated carbocycles. The fraction of sp³-hybridized carbons (Fsp3) is 0.385. The van der Waals surface area contributed by atoms with Crippen molar-refractivity contribution in [1.82, 2.24) is 5.32 Å². The Morgan fingerprint density at radius 1 is 1.47 bits per heavy atom. The molecule has 0 spiro atoms. The van der Waals surface area contributed by atoms with E-state index in [1.165, 1.54) is 11.1 Å². The summed E-state index contributed by atoms with van der Waals surface area (Å²) < 4.78 is 0. The number of aryl methyl sites for hydroxylation is 1. The van der Waals surface area contributed by atoms with Gasteiger partial charge in [0, 0.05) is 11.6 Å². The summed E-state index contributed by atoms with van der Waals surface area (Å²) in [4.78, 5) is 0. The Kier molecular flexibility index (Phi) is 4.68. The van der Waals surface area contributed by atoms with Crippen LogP contribution in [0, 0.1) is 19.3 Å². The van der Waals surface area contributed by atoms with E-state index >= 15 is 0 Å². The van der Waals surface area contributed by atoms with Crippen molar-refractivity contribution in [3.8, 4) is 12.3 Å². The lowest BCUT2D eigenvalue weighted by atomic mass is 10.1. The molecule has 0 radical (unpaired) electrons. The van der Waals surface area contributed by atoms with Crippen LogP contribution >= 0.6 is 11.6 Å². The van der Waals surface area contributed by atoms with Gasteiger partial charge in [-0.25, -0.2) is 0 Å². The Balaban J connectivity index is 2.62. The first-order valence-electron chi connectivity index (χ1n) is 5.11. The van der Waals surface area contributed by atoms with Gasteiger partial charge in [-0.3, -0.25) is 5.32 Å². The third-order valence-electron chi connectivity index (χ3n) is 2.26. The zero-order chi connectivity index (χ0) is 11.3. The topological polar surface area (TPSA) is 12.0 Å². The van der Waals surface area contributed by atoms with Crippen molar-refractivity contribution in [2.45, 2.75) is 32.9 Å². The second-order valence-electron chi connectivity index (χ2n) is 3.65. The summed E-state index contributed by atoms with van der Waals surface area (Å²) in [5, 5.41) is 4.07. The highest BCUT2D eigenvalue weighted by molar-refractivity contribution is 6.30. The molecule has 1 aromatic carbocycles. The molecule has 0 heterocycles. The lowest BCUT2D eigenvalue weighted by molar-refractivity contribution is 0.592. The molecule has 2 heteroatoms. The van der Waals surface area contributed by atoms with Crippen LogP contribution in [-0.2, 0) is 6.54 Å². The van der Waals surface area contributed by atoms with Crippen LogP contribution in [-0.4, -0.2) is 6.04 Å². The number of hydrogen-bond acceptors (Lipinski definition) is 1. The third-order valence-corrected chi connectivity index (χ3v) is 2.48. The summed E-state index contributed by atoms with van der Waals surface area (Å²) >= 11 is 5.97. The minimum Gasteiger partial charge on any atom is -0.300 e. The molecule has 1 nitrogen and oxygen atoms in total. The molecular formula is C13H16ClN. The first kappa shape index (κ1) is 12.1. The van der Waals surface area contributed by atoms with Crippen LogP contribution in [0.5, 0.6) is 0 Å². The van der Waals surface area contributed by atoms with E-state index in [0.29, 0.717) is 0 Å². The average molecular weight is 222 g/mol. The summed E-state index contributed by atoms with van der Waals surface area (Å²) in [6.07, 6.45) is 6.31. The molecule has 1 unspecified atom stereocenters. The maximum absolute atomic E-state index is 5.97. The highest BCUT2D eigenvalue weighted by atomic mass is 35.5. The SMILES string of the molecule is C#CC(CC)NCc1cc(C)cc(Cl)c1. The molecule has 1 rings (SSSR count). The number of rotatable bonds is 4. The van der Waals surface area contributed by atoms with Gasteiger partial charge in [-0.05, 0) is 36.6 Å². The van der Waals surface area contributed by atoms with Gasteiger partial charge in [0.25, 0.3) is 0 Å². The molecular weight excluding hydrogens is 206 g/mol. The van der Waals surface area contributed by atoms with Crippen LogP contribution < -0.4 is 5.32 Å². The van der Waals surface area contributed by atoms with Crippen molar-refractivity contribution in [3.63, 3.8) is 0 Å². The summed E-state index contributed by atoms with van der Waals surface area (Å²) in [6.45, 7) is 4.87. The molecule has 0 aliphatic rings. The van der Waals surface area contributed by atoms with Gasteiger partial charge < -0.3 is 0 Å². The molecule has 0 aliphatic heterocycles. The van der Waals surface area contributed by atoms with Crippen molar-refractivity contribution >= 4 is 11.6 Å². The van der Waals surface area contributed by atoms with Crippen LogP contribution in [0.3, 0.4) is 0 Å². The Morgan fingerprint density at radius 3 is 2.73 bits per heavy atom. The van der Waals surface area contributed by atoms with E-state index in [1.54, 1.807) is 0 Å². The fourth-order valence-electron chi connectivity index (χ4n) is 1.48. The van der Waals surface area contributed by atoms with Gasteiger partial charge in [-0.2, -0.15) is 0 Å². The smallest absolute Gasteiger partial charge is 0.0686 e. The molecule has 1 N–H and O–H groups in total. The molecule has 0 fully saturated rings. The minimum absolute atomic E-state index is 0.143. The van der Waals surface area contributed by atoms with Gasteiger partial charge in [0.05, 0.1) is 6.04 Å². The van der Waals surface area contributed by atoms with E-state index in [4.69, 9.17) is 18.0 Å². The number of terminal acetylenes is 1. The largest absolute Gasteiger partial charge is 0.300 e. The second-order valence-corrected chi connectivity index (χ2v) is 4.08. The Labute approximate surface area is 96.8 Å². The molecule has 15 heavy (non-hydrogen) atoms.